The van der Waals surface area contributed by atoms with Crippen molar-refractivity contribution < 1.29 is 33.8 Å². The minimum absolute atomic E-state index is 0.0530. The lowest BCUT2D eigenvalue weighted by molar-refractivity contribution is -0.148. The summed E-state index contributed by atoms with van der Waals surface area (Å²) in [6.45, 7) is 10.7. The number of rotatable bonds is 19. The minimum atomic E-state index is -1.17. The first-order valence-electron chi connectivity index (χ1n) is 16.5. The van der Waals surface area contributed by atoms with Gasteiger partial charge in [-0.15, -0.1) is 13.2 Å². The van der Waals surface area contributed by atoms with Crippen LogP contribution in [0.3, 0.4) is 0 Å². The highest BCUT2D eigenvalue weighted by atomic mass is 79.9. The number of carbonyl (C=O) groups is 4. The molecule has 7 atom stereocenters. The summed E-state index contributed by atoms with van der Waals surface area (Å²) in [6.07, 6.45) is 7.43. The van der Waals surface area contributed by atoms with Gasteiger partial charge in [-0.2, -0.15) is 0 Å². The number of likely N-dealkylation sites (tertiary alicyclic amines) is 1. The summed E-state index contributed by atoms with van der Waals surface area (Å²) in [5.41, 5.74) is -0.411. The Kier molecular flexibility index (Phi) is 13.0. The van der Waals surface area contributed by atoms with Crippen LogP contribution in [-0.4, -0.2) is 94.0 Å². The number of hydrogen-bond donors (Lipinski definition) is 2. The molecule has 3 saturated heterocycles. The van der Waals surface area contributed by atoms with Gasteiger partial charge in [-0.1, -0.05) is 71.8 Å². The Bertz CT molecular complexity index is 1250. The highest BCUT2D eigenvalue weighted by Crippen LogP contribution is 2.60. The average Bonchev–Trinajstić information content (AvgIpc) is 3.65. The van der Waals surface area contributed by atoms with Crippen molar-refractivity contribution in [3.05, 3.63) is 61.2 Å². The number of benzene rings is 1. The van der Waals surface area contributed by atoms with Crippen molar-refractivity contribution in [1.82, 2.24) is 15.1 Å². The van der Waals surface area contributed by atoms with Crippen LogP contribution < -0.4 is 5.32 Å². The van der Waals surface area contributed by atoms with Crippen LogP contribution in [0, 0.1) is 11.8 Å². The van der Waals surface area contributed by atoms with E-state index in [9.17, 15) is 24.3 Å². The normalized spacial score (nSPS) is 26.8. The van der Waals surface area contributed by atoms with Gasteiger partial charge in [0, 0.05) is 37.5 Å². The van der Waals surface area contributed by atoms with Gasteiger partial charge < -0.3 is 29.7 Å². The molecule has 1 aromatic rings. The molecule has 252 valence electrons. The van der Waals surface area contributed by atoms with E-state index in [0.29, 0.717) is 51.7 Å². The van der Waals surface area contributed by atoms with Crippen LogP contribution >= 0.6 is 15.9 Å². The van der Waals surface area contributed by atoms with E-state index in [2.05, 4.69) is 41.3 Å². The lowest BCUT2D eigenvalue weighted by atomic mass is 9.70. The molecule has 3 fully saturated rings. The largest absolute Gasteiger partial charge is 0.463 e. The van der Waals surface area contributed by atoms with Crippen molar-refractivity contribution in [2.75, 3.05) is 32.8 Å². The third-order valence-corrected chi connectivity index (χ3v) is 10.2. The number of carbonyl (C=O) groups excluding carboxylic acids is 4. The zero-order valence-corrected chi connectivity index (χ0v) is 28.4. The number of aliphatic hydroxyl groups is 1. The van der Waals surface area contributed by atoms with E-state index in [0.717, 1.165) is 18.4 Å². The molecular formula is C35H48BrN3O7. The number of esters is 1. The summed E-state index contributed by atoms with van der Waals surface area (Å²) in [4.78, 5) is 58.5. The fourth-order valence-corrected chi connectivity index (χ4v) is 8.07. The molecule has 1 aromatic carbocycles. The fraction of sp³-hybridized carbons (Fsp3) is 0.600. The summed E-state index contributed by atoms with van der Waals surface area (Å²) < 4.78 is 12.2. The van der Waals surface area contributed by atoms with Gasteiger partial charge in [0.05, 0.1) is 24.0 Å². The molecule has 4 rings (SSSR count). The zero-order valence-electron chi connectivity index (χ0n) is 26.8. The van der Waals surface area contributed by atoms with Crippen LogP contribution in [0.4, 0.5) is 0 Å². The van der Waals surface area contributed by atoms with E-state index in [1.165, 1.54) is 0 Å². The zero-order chi connectivity index (χ0) is 33.3. The van der Waals surface area contributed by atoms with Gasteiger partial charge in [0.1, 0.15) is 18.2 Å². The summed E-state index contributed by atoms with van der Waals surface area (Å²) in [6, 6.07) is 7.72. The van der Waals surface area contributed by atoms with Crippen molar-refractivity contribution in [3.8, 4) is 0 Å². The van der Waals surface area contributed by atoms with Crippen molar-refractivity contribution in [1.29, 1.82) is 0 Å². The second kappa shape index (κ2) is 16.7. The molecule has 3 aliphatic rings. The van der Waals surface area contributed by atoms with Gasteiger partial charge in [-0.25, -0.2) is 0 Å². The Morgan fingerprint density at radius 3 is 2.63 bits per heavy atom. The van der Waals surface area contributed by atoms with E-state index in [4.69, 9.17) is 9.47 Å². The predicted octanol–water partition coefficient (Wildman–Crippen LogP) is 4.08. The smallest absolute Gasteiger partial charge is 0.306 e. The Labute approximate surface area is 280 Å². The van der Waals surface area contributed by atoms with Crippen LogP contribution in [0.25, 0.3) is 0 Å². The molecule has 0 aliphatic carbocycles. The first-order chi connectivity index (χ1) is 22.2. The Hall–Kier alpha value is -3.02. The number of aliphatic hydroxyl groups excluding tert-OH is 1. The maximum absolute atomic E-state index is 14.4. The first-order valence-corrected chi connectivity index (χ1v) is 17.4. The van der Waals surface area contributed by atoms with E-state index in [1.54, 1.807) is 22.0 Å². The highest BCUT2D eigenvalue weighted by Gasteiger charge is 2.76. The number of allylic oxidation sites excluding steroid dienone is 1. The van der Waals surface area contributed by atoms with E-state index < -0.39 is 41.6 Å². The third kappa shape index (κ3) is 7.58. The number of unbranched alkanes of at least 4 members (excludes halogenated alkanes) is 3. The predicted molar refractivity (Wildman–Crippen MR) is 178 cm³/mol. The number of halogens is 1. The lowest BCUT2D eigenvalue weighted by Crippen LogP contribution is -2.57. The number of hydrogen-bond acceptors (Lipinski definition) is 7. The Morgan fingerprint density at radius 1 is 1.20 bits per heavy atom. The maximum Gasteiger partial charge on any atom is 0.306 e. The highest BCUT2D eigenvalue weighted by molar-refractivity contribution is 9.09. The van der Waals surface area contributed by atoms with Crippen LogP contribution in [0.5, 0.6) is 0 Å². The first kappa shape index (κ1) is 35.8. The molecule has 2 N–H and O–H groups in total. The van der Waals surface area contributed by atoms with E-state index in [-0.39, 0.29) is 42.2 Å². The quantitative estimate of drug-likeness (QED) is 0.0964. The summed E-state index contributed by atoms with van der Waals surface area (Å²) in [5.74, 6) is -2.93. The molecule has 3 aliphatic heterocycles. The van der Waals surface area contributed by atoms with Crippen molar-refractivity contribution in [2.24, 2.45) is 11.8 Å². The Balaban J connectivity index is 1.64. The molecular weight excluding hydrogens is 654 g/mol. The minimum Gasteiger partial charge on any atom is -0.463 e. The number of amides is 3. The van der Waals surface area contributed by atoms with Crippen molar-refractivity contribution >= 4 is 39.6 Å². The molecule has 0 radical (unpaired) electrons. The topological polar surface area (TPSA) is 125 Å². The van der Waals surface area contributed by atoms with Gasteiger partial charge >= 0.3 is 5.97 Å². The molecule has 0 saturated carbocycles. The third-order valence-electron chi connectivity index (χ3n) is 9.31. The molecule has 2 bridgehead atoms. The molecule has 1 unspecified atom stereocenters. The van der Waals surface area contributed by atoms with Crippen molar-refractivity contribution in [2.45, 2.75) is 86.9 Å². The summed E-state index contributed by atoms with van der Waals surface area (Å²) >= 11 is 3.74. The van der Waals surface area contributed by atoms with E-state index in [1.807, 2.05) is 30.3 Å². The number of alkyl halides is 1. The van der Waals surface area contributed by atoms with E-state index >= 15 is 0 Å². The fourth-order valence-electron chi connectivity index (χ4n) is 7.13. The standard InChI is InChI=1S/C35H48BrN3O7/c1-4-7-17-27(41)45-23-26(24-15-11-9-12-16-24)37-32(42)28-29-33(43)39(20-13-10-14-21-40)31(35(29)22-25(36)30(28)46-35)34(44)38(18-6-3)19-8-5-2/h4,6,9,11-12,15-16,25-26,28-31,40H,1,3,5,7-8,10,13-14,17-23H2,2H3,(H,37,42)/t25?,26-,28-,29+,30-,31-,35+/m1/s1. The second-order valence-corrected chi connectivity index (χ2v) is 13.6. The van der Waals surface area contributed by atoms with Crippen LogP contribution in [0.1, 0.15) is 69.9 Å². The summed E-state index contributed by atoms with van der Waals surface area (Å²) in [7, 11) is 0. The molecule has 46 heavy (non-hydrogen) atoms. The maximum atomic E-state index is 14.4. The van der Waals surface area contributed by atoms with Crippen LogP contribution in [-0.2, 0) is 28.7 Å². The van der Waals surface area contributed by atoms with Crippen molar-refractivity contribution in [3.63, 3.8) is 0 Å². The van der Waals surface area contributed by atoms with Gasteiger partial charge in [-0.05, 0) is 44.1 Å². The number of nitrogens with one attached hydrogen (secondary N) is 1. The molecule has 11 heteroatoms. The molecule has 1 spiro atoms. The Morgan fingerprint density at radius 2 is 1.96 bits per heavy atom. The number of fused-ring (bicyclic) bond motifs is 1. The molecule has 10 nitrogen and oxygen atoms in total. The monoisotopic (exact) mass is 701 g/mol. The molecule has 0 aromatic heterocycles. The van der Waals surface area contributed by atoms with Gasteiger partial charge in [0.15, 0.2) is 0 Å². The SMILES string of the molecule is C=CCCC(=O)OC[C@@H](NC(=O)[C@H]1[C@@H]2O[C@@]3(CC2Br)[C@@H]1C(=O)N(CCCCCO)[C@@H]3C(=O)N(CC=C)CCCC)c1ccccc1. The number of ether oxygens (including phenoxy) is 2. The number of nitrogens with zero attached hydrogens (tertiary/aromatic N) is 2. The molecule has 3 amide bonds. The second-order valence-electron chi connectivity index (χ2n) is 12.4. The molecule has 3 heterocycles. The average molecular weight is 703 g/mol. The van der Waals surface area contributed by atoms with Crippen LogP contribution in [0.15, 0.2) is 55.6 Å². The van der Waals surface area contributed by atoms with Gasteiger partial charge in [-0.3, -0.25) is 19.2 Å². The summed E-state index contributed by atoms with van der Waals surface area (Å²) in [5, 5.41) is 12.4. The van der Waals surface area contributed by atoms with Crippen LogP contribution in [0.2, 0.25) is 0 Å². The van der Waals surface area contributed by atoms with Gasteiger partial charge in [0.25, 0.3) is 0 Å². The van der Waals surface area contributed by atoms with Gasteiger partial charge in [0.2, 0.25) is 17.7 Å². The lowest BCUT2D eigenvalue weighted by Gasteiger charge is -2.37.